The Labute approximate surface area is 381 Å². The zero-order valence-corrected chi connectivity index (χ0v) is 39.9. The van der Waals surface area contributed by atoms with E-state index in [4.69, 9.17) is 4.42 Å². The van der Waals surface area contributed by atoms with E-state index in [0.29, 0.717) is 0 Å². The summed E-state index contributed by atoms with van der Waals surface area (Å²) in [5, 5.41) is 2.32. The van der Waals surface area contributed by atoms with Crippen LogP contribution in [0.1, 0.15) is 115 Å². The Balaban J connectivity index is 1.30. The number of anilines is 6. The molecule has 64 heavy (non-hydrogen) atoms. The van der Waals surface area contributed by atoms with Crippen LogP contribution in [0.3, 0.4) is 0 Å². The van der Waals surface area contributed by atoms with E-state index >= 15 is 0 Å². The molecular weight excluding hydrogens is 775 g/mol. The third kappa shape index (κ3) is 6.15. The molecule has 7 aromatic carbocycles. The van der Waals surface area contributed by atoms with Crippen LogP contribution in [0.25, 0.3) is 33.1 Å². The summed E-state index contributed by atoms with van der Waals surface area (Å²) >= 11 is 0. The monoisotopic (exact) mass is 836 g/mol. The molecule has 0 saturated carbocycles. The van der Waals surface area contributed by atoms with Crippen molar-refractivity contribution in [3.8, 4) is 11.1 Å². The van der Waals surface area contributed by atoms with Crippen LogP contribution in [-0.2, 0) is 21.7 Å². The van der Waals surface area contributed by atoms with Gasteiger partial charge >= 0.3 is 0 Å². The van der Waals surface area contributed by atoms with Gasteiger partial charge in [-0.25, -0.2) is 0 Å². The van der Waals surface area contributed by atoms with Gasteiger partial charge in [0.05, 0.1) is 5.69 Å². The first-order chi connectivity index (χ1) is 30.3. The minimum atomic E-state index is -0.100. The summed E-state index contributed by atoms with van der Waals surface area (Å²) in [7, 11) is 0. The molecule has 0 bridgehead atoms. The highest BCUT2D eigenvalue weighted by Crippen LogP contribution is 2.53. The first-order valence-electron chi connectivity index (χ1n) is 23.5. The smallest absolute Gasteiger partial charge is 0.252 e. The van der Waals surface area contributed by atoms with Crippen molar-refractivity contribution in [1.29, 1.82) is 0 Å². The van der Waals surface area contributed by atoms with Gasteiger partial charge in [-0.2, -0.15) is 0 Å². The van der Waals surface area contributed by atoms with Crippen LogP contribution in [0.5, 0.6) is 0 Å². The third-order valence-corrected chi connectivity index (χ3v) is 15.2. The minimum absolute atomic E-state index is 0.00566. The van der Waals surface area contributed by atoms with Crippen LogP contribution in [0.2, 0.25) is 0 Å². The van der Waals surface area contributed by atoms with Crippen molar-refractivity contribution < 1.29 is 4.42 Å². The van der Waals surface area contributed by atoms with E-state index < -0.39 is 0 Å². The number of benzene rings is 7. The number of rotatable bonds is 3. The van der Waals surface area contributed by atoms with Crippen molar-refractivity contribution in [3.63, 3.8) is 0 Å². The lowest BCUT2D eigenvalue weighted by molar-refractivity contribution is 0.332. The Morgan fingerprint density at radius 3 is 1.81 bits per heavy atom. The van der Waals surface area contributed by atoms with Gasteiger partial charge in [0.25, 0.3) is 6.71 Å². The Morgan fingerprint density at radius 2 is 1.12 bits per heavy atom. The van der Waals surface area contributed by atoms with Crippen molar-refractivity contribution in [3.05, 3.63) is 161 Å². The zero-order valence-electron chi connectivity index (χ0n) is 39.9. The number of nitrogens with zero attached hydrogens (tertiary/aromatic N) is 2. The largest absolute Gasteiger partial charge is 0.454 e. The summed E-state index contributed by atoms with van der Waals surface area (Å²) < 4.78 is 7.07. The lowest BCUT2D eigenvalue weighted by Crippen LogP contribution is -2.62. The van der Waals surface area contributed by atoms with Gasteiger partial charge < -0.3 is 14.2 Å². The summed E-state index contributed by atoms with van der Waals surface area (Å²) in [6, 6.07) is 48.8. The maximum Gasteiger partial charge on any atom is 0.252 e. The molecule has 0 N–H and O–H groups in total. The van der Waals surface area contributed by atoms with Gasteiger partial charge in [0.1, 0.15) is 5.58 Å². The standard InChI is InChI=1S/C60H61BN2O/c1-36-28-51-55-52(29-36)63(53-33-41(58(6,7)8)31-43-42-20-16-17-21-54(42)64-56(43)53)50-35-45-44(59(9,10)26-27-60(45,11)12)34-47(50)61(55)46-32-40(57(3,4)5)24-25-48(46)62(51)49-30-39(23-22-37(49)2)38-18-14-13-15-19-38/h13-25,28-35H,26-27H2,1-12H3. The summed E-state index contributed by atoms with van der Waals surface area (Å²) in [5.41, 5.74) is 23.6. The van der Waals surface area contributed by atoms with Crippen molar-refractivity contribution in [2.45, 2.75) is 118 Å². The predicted molar refractivity (Wildman–Crippen MR) is 275 cm³/mol. The molecule has 1 aliphatic carbocycles. The van der Waals surface area contributed by atoms with Gasteiger partial charge in [0.2, 0.25) is 0 Å². The topological polar surface area (TPSA) is 19.6 Å². The second kappa shape index (κ2) is 13.8. The third-order valence-electron chi connectivity index (χ3n) is 15.2. The highest BCUT2D eigenvalue weighted by molar-refractivity contribution is 7.00. The van der Waals surface area contributed by atoms with Crippen LogP contribution in [0, 0.1) is 13.8 Å². The fourth-order valence-corrected chi connectivity index (χ4v) is 11.3. The summed E-state index contributed by atoms with van der Waals surface area (Å²) in [6.45, 7) is 28.5. The highest BCUT2D eigenvalue weighted by atomic mass is 16.3. The molecule has 11 rings (SSSR count). The number of aryl methyl sites for hydroxylation is 2. The van der Waals surface area contributed by atoms with Gasteiger partial charge in [0.15, 0.2) is 5.58 Å². The molecule has 0 spiro atoms. The number of hydrogen-bond donors (Lipinski definition) is 0. The lowest BCUT2D eigenvalue weighted by Gasteiger charge is -2.47. The summed E-state index contributed by atoms with van der Waals surface area (Å²) in [5.74, 6) is 0. The van der Waals surface area contributed by atoms with Gasteiger partial charge in [-0.15, -0.1) is 0 Å². The Morgan fingerprint density at radius 1 is 0.500 bits per heavy atom. The number of hydrogen-bond acceptors (Lipinski definition) is 3. The van der Waals surface area contributed by atoms with E-state index in [9.17, 15) is 0 Å². The molecule has 2 aliphatic heterocycles. The van der Waals surface area contributed by atoms with Crippen molar-refractivity contribution in [2.75, 3.05) is 9.80 Å². The first kappa shape index (κ1) is 40.8. The molecular formula is C60H61BN2O. The van der Waals surface area contributed by atoms with Crippen LogP contribution < -0.4 is 26.2 Å². The molecule has 1 aromatic heterocycles. The summed E-state index contributed by atoms with van der Waals surface area (Å²) in [6.07, 6.45) is 2.31. The second-order valence-electron chi connectivity index (χ2n) is 22.7. The molecule has 0 amide bonds. The zero-order chi connectivity index (χ0) is 44.8. The lowest BCUT2D eigenvalue weighted by atomic mass is 9.33. The van der Waals surface area contributed by atoms with Crippen LogP contribution >= 0.6 is 0 Å². The molecule has 8 aromatic rings. The van der Waals surface area contributed by atoms with Crippen LogP contribution in [0.15, 0.2) is 132 Å². The molecule has 0 radical (unpaired) electrons. The maximum absolute atomic E-state index is 7.07. The van der Waals surface area contributed by atoms with Gasteiger partial charge in [-0.05, 0) is 158 Å². The first-order valence-corrected chi connectivity index (χ1v) is 23.5. The molecule has 4 heteroatoms. The van der Waals surface area contributed by atoms with Gasteiger partial charge in [-0.3, -0.25) is 0 Å². The van der Waals surface area contributed by atoms with E-state index in [-0.39, 0.29) is 28.4 Å². The van der Waals surface area contributed by atoms with Gasteiger partial charge in [0, 0.05) is 39.2 Å². The second-order valence-corrected chi connectivity index (χ2v) is 22.7. The highest BCUT2D eigenvalue weighted by Gasteiger charge is 2.47. The average molecular weight is 837 g/mol. The van der Waals surface area contributed by atoms with E-state index in [1.807, 2.05) is 0 Å². The molecule has 3 aliphatic rings. The summed E-state index contributed by atoms with van der Waals surface area (Å²) in [4.78, 5) is 5.22. The number of furan rings is 1. The molecule has 3 heterocycles. The Bertz CT molecular complexity index is 3230. The van der Waals surface area contributed by atoms with Gasteiger partial charge in [-0.1, -0.05) is 148 Å². The molecule has 0 fully saturated rings. The Kier molecular flexibility index (Phi) is 8.76. The minimum Gasteiger partial charge on any atom is -0.454 e. The number of para-hydroxylation sites is 1. The maximum atomic E-state index is 7.07. The number of fused-ring (bicyclic) bond motifs is 8. The van der Waals surface area contributed by atoms with Crippen molar-refractivity contribution >= 4 is 79.2 Å². The fraction of sp³-hybridized carbons (Fsp3) is 0.300. The molecule has 0 atom stereocenters. The quantitative estimate of drug-likeness (QED) is 0.165. The van der Waals surface area contributed by atoms with E-state index in [1.165, 1.54) is 89.3 Å². The van der Waals surface area contributed by atoms with E-state index in [2.05, 4.69) is 220 Å². The normalized spacial score (nSPS) is 16.2. The van der Waals surface area contributed by atoms with Crippen molar-refractivity contribution in [1.82, 2.24) is 0 Å². The SMILES string of the molecule is Cc1cc2c3c(c1)N(c1cc(C(C)(C)C)cc4c1oc1ccccc14)c1cc4c(cc1B3c1cc(C(C)(C)C)ccc1N2c1cc(-c2ccccc2)ccc1C)C(C)(C)CCC4(C)C. The molecule has 0 saturated heterocycles. The van der Waals surface area contributed by atoms with E-state index in [0.717, 1.165) is 40.5 Å². The predicted octanol–water partition coefficient (Wildman–Crippen LogP) is 14.9. The van der Waals surface area contributed by atoms with Crippen LogP contribution in [-0.4, -0.2) is 6.71 Å². The molecule has 3 nitrogen and oxygen atoms in total. The average Bonchev–Trinajstić information content (AvgIpc) is 3.63. The van der Waals surface area contributed by atoms with Crippen molar-refractivity contribution in [2.24, 2.45) is 0 Å². The Hall–Kier alpha value is -6.00. The molecule has 0 unspecified atom stereocenters. The van der Waals surface area contributed by atoms with E-state index in [1.54, 1.807) is 0 Å². The fourth-order valence-electron chi connectivity index (χ4n) is 11.3. The molecule has 320 valence electrons. The van der Waals surface area contributed by atoms with Crippen LogP contribution in [0.4, 0.5) is 34.1 Å².